The molecule has 4 rings (SSSR count). The molecule has 3 aromatic rings. The molecule has 26 heavy (non-hydrogen) atoms. The third-order valence-corrected chi connectivity index (χ3v) is 5.38. The molecule has 0 aliphatic heterocycles. The van der Waals surface area contributed by atoms with Crippen LogP contribution in [0.4, 0.5) is 11.4 Å². The van der Waals surface area contributed by atoms with E-state index in [4.69, 9.17) is 0 Å². The smallest absolute Gasteiger partial charge is 0.227 e. The summed E-state index contributed by atoms with van der Waals surface area (Å²) in [5, 5.41) is 6.74. The average molecular weight is 365 g/mol. The summed E-state index contributed by atoms with van der Waals surface area (Å²) in [6, 6.07) is 15.2. The predicted octanol–water partition coefficient (Wildman–Crippen LogP) is 4.22. The Balaban J connectivity index is 1.29. The van der Waals surface area contributed by atoms with Gasteiger partial charge in [-0.25, -0.2) is 4.98 Å². The standard InChI is InChI=1S/C20H19N3O2S/c24-18(11-12-19-23-16-3-1-2-4-17(16)26-19)21-14-7-9-15(10-8-14)22-20(25)13-5-6-13/h1-4,7-10,13H,5-6,11-12H2,(H,21,24)(H,22,25). The number of fused-ring (bicyclic) bond motifs is 1. The Morgan fingerprint density at radius 3 is 2.38 bits per heavy atom. The quantitative estimate of drug-likeness (QED) is 0.687. The number of nitrogens with zero attached hydrogens (tertiary/aromatic N) is 1. The van der Waals surface area contributed by atoms with Crippen molar-refractivity contribution in [2.24, 2.45) is 5.92 Å². The second-order valence-corrected chi connectivity index (χ2v) is 7.58. The lowest BCUT2D eigenvalue weighted by atomic mass is 10.2. The Bertz CT molecular complexity index is 912. The van der Waals surface area contributed by atoms with Crippen molar-refractivity contribution in [3.8, 4) is 0 Å². The molecule has 1 aliphatic rings. The van der Waals surface area contributed by atoms with Crippen molar-refractivity contribution in [3.63, 3.8) is 0 Å². The van der Waals surface area contributed by atoms with Gasteiger partial charge in [0.1, 0.15) is 0 Å². The molecule has 0 saturated heterocycles. The van der Waals surface area contributed by atoms with Gasteiger partial charge in [0.2, 0.25) is 11.8 Å². The predicted molar refractivity (Wildman–Crippen MR) is 104 cm³/mol. The SMILES string of the molecule is O=C(CCc1nc2ccccc2s1)Nc1ccc(NC(=O)C2CC2)cc1. The van der Waals surface area contributed by atoms with E-state index in [1.165, 1.54) is 0 Å². The minimum absolute atomic E-state index is 0.0426. The maximum absolute atomic E-state index is 12.2. The number of aromatic nitrogens is 1. The fraction of sp³-hybridized carbons (Fsp3) is 0.250. The van der Waals surface area contributed by atoms with Gasteiger partial charge in [-0.05, 0) is 49.2 Å². The van der Waals surface area contributed by atoms with E-state index in [-0.39, 0.29) is 17.7 Å². The van der Waals surface area contributed by atoms with Crippen molar-refractivity contribution in [1.82, 2.24) is 4.98 Å². The first-order valence-corrected chi connectivity index (χ1v) is 9.54. The molecule has 0 atom stereocenters. The van der Waals surface area contributed by atoms with Gasteiger partial charge in [0.05, 0.1) is 15.2 Å². The number of carbonyl (C=O) groups is 2. The maximum Gasteiger partial charge on any atom is 0.227 e. The zero-order valence-electron chi connectivity index (χ0n) is 14.2. The molecule has 2 amide bonds. The van der Waals surface area contributed by atoms with Crippen LogP contribution in [-0.2, 0) is 16.0 Å². The molecule has 1 heterocycles. The van der Waals surface area contributed by atoms with Crippen LogP contribution in [-0.4, -0.2) is 16.8 Å². The Morgan fingerprint density at radius 2 is 1.69 bits per heavy atom. The molecule has 2 aromatic carbocycles. The molecule has 1 saturated carbocycles. The zero-order chi connectivity index (χ0) is 17.9. The summed E-state index contributed by atoms with van der Waals surface area (Å²) >= 11 is 1.63. The van der Waals surface area contributed by atoms with Crippen LogP contribution in [0.15, 0.2) is 48.5 Å². The molecule has 132 valence electrons. The van der Waals surface area contributed by atoms with Gasteiger partial charge in [-0.15, -0.1) is 11.3 Å². The summed E-state index contributed by atoms with van der Waals surface area (Å²) < 4.78 is 1.15. The molecule has 5 nitrogen and oxygen atoms in total. The fourth-order valence-electron chi connectivity index (χ4n) is 2.70. The monoisotopic (exact) mass is 365 g/mol. The Labute approximate surface area is 155 Å². The molecule has 6 heteroatoms. The van der Waals surface area contributed by atoms with Crippen molar-refractivity contribution in [2.45, 2.75) is 25.7 Å². The third kappa shape index (κ3) is 4.08. The number of amides is 2. The summed E-state index contributed by atoms with van der Waals surface area (Å²) in [6.07, 6.45) is 2.98. The van der Waals surface area contributed by atoms with Crippen LogP contribution in [0.3, 0.4) is 0 Å². The third-order valence-electron chi connectivity index (χ3n) is 4.29. The van der Waals surface area contributed by atoms with Gasteiger partial charge < -0.3 is 10.6 Å². The second kappa shape index (κ2) is 7.25. The lowest BCUT2D eigenvalue weighted by molar-refractivity contribution is -0.117. The minimum atomic E-state index is -0.0426. The van der Waals surface area contributed by atoms with Crippen molar-refractivity contribution in [3.05, 3.63) is 53.5 Å². The number of nitrogens with one attached hydrogen (secondary N) is 2. The molecule has 1 aliphatic carbocycles. The van der Waals surface area contributed by atoms with Gasteiger partial charge in [0.15, 0.2) is 0 Å². The summed E-state index contributed by atoms with van der Waals surface area (Å²) in [5.74, 6) is 0.216. The fourth-order valence-corrected chi connectivity index (χ4v) is 3.66. The number of hydrogen-bond acceptors (Lipinski definition) is 4. The molecule has 1 aromatic heterocycles. The van der Waals surface area contributed by atoms with Crippen molar-refractivity contribution in [1.29, 1.82) is 0 Å². The Morgan fingerprint density at radius 1 is 1.00 bits per heavy atom. The Kier molecular flexibility index (Phi) is 4.67. The minimum Gasteiger partial charge on any atom is -0.326 e. The molecular weight excluding hydrogens is 346 g/mol. The number of aryl methyl sites for hydroxylation is 1. The van der Waals surface area contributed by atoms with Crippen LogP contribution >= 0.6 is 11.3 Å². The number of thiazole rings is 1. The topological polar surface area (TPSA) is 71.1 Å². The number of hydrogen-bond donors (Lipinski definition) is 2. The molecular formula is C20H19N3O2S. The number of carbonyl (C=O) groups excluding carboxylic acids is 2. The van der Waals surface area contributed by atoms with Crippen molar-refractivity contribution < 1.29 is 9.59 Å². The number of anilines is 2. The molecule has 2 N–H and O–H groups in total. The van der Waals surface area contributed by atoms with E-state index >= 15 is 0 Å². The van der Waals surface area contributed by atoms with Gasteiger partial charge in [0, 0.05) is 30.1 Å². The first-order chi connectivity index (χ1) is 12.7. The highest BCUT2D eigenvalue weighted by Gasteiger charge is 2.29. The van der Waals surface area contributed by atoms with Crippen molar-refractivity contribution in [2.75, 3.05) is 10.6 Å². The largest absolute Gasteiger partial charge is 0.326 e. The first-order valence-electron chi connectivity index (χ1n) is 8.72. The molecule has 0 radical (unpaired) electrons. The van der Waals surface area contributed by atoms with E-state index in [2.05, 4.69) is 15.6 Å². The van der Waals surface area contributed by atoms with E-state index in [0.717, 1.165) is 39.4 Å². The van der Waals surface area contributed by atoms with Crippen molar-refractivity contribution >= 4 is 44.7 Å². The highest BCUT2D eigenvalue weighted by Crippen LogP contribution is 2.30. The van der Waals surface area contributed by atoms with E-state index in [9.17, 15) is 9.59 Å². The van der Waals surface area contributed by atoms with E-state index in [1.54, 1.807) is 23.5 Å². The lowest BCUT2D eigenvalue weighted by Gasteiger charge is -2.07. The van der Waals surface area contributed by atoms with Crippen LogP contribution in [0.1, 0.15) is 24.3 Å². The molecule has 1 fully saturated rings. The number of rotatable bonds is 6. The van der Waals surface area contributed by atoms with Gasteiger partial charge in [0.25, 0.3) is 0 Å². The highest BCUT2D eigenvalue weighted by molar-refractivity contribution is 7.18. The van der Waals surface area contributed by atoms with Crippen LogP contribution < -0.4 is 10.6 Å². The molecule has 0 bridgehead atoms. The molecule has 0 spiro atoms. The summed E-state index contributed by atoms with van der Waals surface area (Å²) in [4.78, 5) is 28.4. The number of para-hydroxylation sites is 1. The first kappa shape index (κ1) is 16.7. The normalized spacial score (nSPS) is 13.5. The number of benzene rings is 2. The van der Waals surface area contributed by atoms with Crippen LogP contribution in [0.5, 0.6) is 0 Å². The lowest BCUT2D eigenvalue weighted by Crippen LogP contribution is -2.14. The second-order valence-electron chi connectivity index (χ2n) is 6.46. The average Bonchev–Trinajstić information content (AvgIpc) is 3.41. The van der Waals surface area contributed by atoms with E-state index in [0.29, 0.717) is 12.8 Å². The van der Waals surface area contributed by atoms with E-state index < -0.39 is 0 Å². The summed E-state index contributed by atoms with van der Waals surface area (Å²) in [7, 11) is 0. The van der Waals surface area contributed by atoms with Gasteiger partial charge in [-0.2, -0.15) is 0 Å². The highest BCUT2D eigenvalue weighted by atomic mass is 32.1. The van der Waals surface area contributed by atoms with Gasteiger partial charge in [-0.3, -0.25) is 9.59 Å². The van der Waals surface area contributed by atoms with Crippen LogP contribution in [0.25, 0.3) is 10.2 Å². The zero-order valence-corrected chi connectivity index (χ0v) is 15.0. The Hall–Kier alpha value is -2.73. The summed E-state index contributed by atoms with van der Waals surface area (Å²) in [5.41, 5.74) is 2.47. The van der Waals surface area contributed by atoms with Gasteiger partial charge in [-0.1, -0.05) is 12.1 Å². The summed E-state index contributed by atoms with van der Waals surface area (Å²) in [6.45, 7) is 0. The maximum atomic E-state index is 12.2. The van der Waals surface area contributed by atoms with Crippen LogP contribution in [0, 0.1) is 5.92 Å². The molecule has 0 unspecified atom stereocenters. The van der Waals surface area contributed by atoms with E-state index in [1.807, 2.05) is 36.4 Å². The van der Waals surface area contributed by atoms with Gasteiger partial charge >= 0.3 is 0 Å². The van der Waals surface area contributed by atoms with Crippen LogP contribution in [0.2, 0.25) is 0 Å².